The van der Waals surface area contributed by atoms with E-state index in [1.165, 1.54) is 0 Å². The van der Waals surface area contributed by atoms with Crippen molar-refractivity contribution < 1.29 is 9.53 Å². The van der Waals surface area contributed by atoms with Crippen LogP contribution in [0.4, 0.5) is 5.69 Å². The first-order valence-electron chi connectivity index (χ1n) is 6.34. The maximum atomic E-state index is 11.9. The van der Waals surface area contributed by atoms with Crippen LogP contribution in [-0.4, -0.2) is 31.2 Å². The number of para-hydroxylation sites is 1. The quantitative estimate of drug-likeness (QED) is 0.778. The Morgan fingerprint density at radius 3 is 2.56 bits per heavy atom. The minimum absolute atomic E-state index is 0.0371. The molecule has 2 unspecified atom stereocenters. The molecule has 18 heavy (non-hydrogen) atoms. The highest BCUT2D eigenvalue weighted by Gasteiger charge is 2.13. The molecule has 1 rings (SSSR count). The summed E-state index contributed by atoms with van der Waals surface area (Å²) in [5.41, 5.74) is 0.814. The first-order chi connectivity index (χ1) is 8.63. The zero-order valence-corrected chi connectivity index (χ0v) is 11.3. The van der Waals surface area contributed by atoms with Gasteiger partial charge in [0.2, 0.25) is 5.91 Å². The molecule has 0 aromatic heterocycles. The van der Waals surface area contributed by atoms with Gasteiger partial charge in [0.1, 0.15) is 0 Å². The summed E-state index contributed by atoms with van der Waals surface area (Å²) in [5, 5.41) is 6.01. The normalized spacial score (nSPS) is 13.9. The Morgan fingerprint density at radius 2 is 1.94 bits per heavy atom. The van der Waals surface area contributed by atoms with E-state index in [9.17, 15) is 4.79 Å². The summed E-state index contributed by atoms with van der Waals surface area (Å²) in [5.74, 6) is -0.0371. The third-order valence-electron chi connectivity index (χ3n) is 2.60. The lowest BCUT2D eigenvalue weighted by atomic mass is 10.2. The van der Waals surface area contributed by atoms with Gasteiger partial charge in [0.15, 0.2) is 0 Å². The average Bonchev–Trinajstić information content (AvgIpc) is 2.37. The molecule has 100 valence electrons. The molecule has 4 nitrogen and oxygen atoms in total. The van der Waals surface area contributed by atoms with Crippen LogP contribution in [0.3, 0.4) is 0 Å². The molecule has 0 aliphatic rings. The SMILES string of the molecule is CCOC(C)CNC(C)C(=O)Nc1ccccc1. The van der Waals surface area contributed by atoms with Gasteiger partial charge >= 0.3 is 0 Å². The molecule has 0 bridgehead atoms. The van der Waals surface area contributed by atoms with Crippen molar-refractivity contribution in [3.05, 3.63) is 30.3 Å². The Morgan fingerprint density at radius 1 is 1.28 bits per heavy atom. The second-order valence-electron chi connectivity index (χ2n) is 4.25. The van der Waals surface area contributed by atoms with Crippen LogP contribution >= 0.6 is 0 Å². The Kier molecular flexibility index (Phi) is 6.39. The fourth-order valence-corrected chi connectivity index (χ4v) is 1.55. The molecular weight excluding hydrogens is 228 g/mol. The van der Waals surface area contributed by atoms with Crippen LogP contribution in [0.25, 0.3) is 0 Å². The fourth-order valence-electron chi connectivity index (χ4n) is 1.55. The highest BCUT2D eigenvalue weighted by molar-refractivity contribution is 5.94. The van der Waals surface area contributed by atoms with Gasteiger partial charge in [-0.3, -0.25) is 4.79 Å². The fraction of sp³-hybridized carbons (Fsp3) is 0.500. The summed E-state index contributed by atoms with van der Waals surface area (Å²) in [6.45, 7) is 7.14. The van der Waals surface area contributed by atoms with Crippen LogP contribution < -0.4 is 10.6 Å². The van der Waals surface area contributed by atoms with Gasteiger partial charge in [0, 0.05) is 18.8 Å². The molecule has 2 atom stereocenters. The Bertz CT molecular complexity index is 354. The second kappa shape index (κ2) is 7.84. The van der Waals surface area contributed by atoms with Gasteiger partial charge in [0.05, 0.1) is 12.1 Å². The van der Waals surface area contributed by atoms with E-state index < -0.39 is 0 Å². The topological polar surface area (TPSA) is 50.4 Å². The summed E-state index contributed by atoms with van der Waals surface area (Å²) in [7, 11) is 0. The van der Waals surface area contributed by atoms with Gasteiger partial charge in [-0.25, -0.2) is 0 Å². The Balaban J connectivity index is 2.33. The van der Waals surface area contributed by atoms with Crippen molar-refractivity contribution >= 4 is 11.6 Å². The molecular formula is C14H22N2O2. The molecule has 1 aromatic carbocycles. The molecule has 0 saturated carbocycles. The van der Waals surface area contributed by atoms with Crippen LogP contribution in [0.2, 0.25) is 0 Å². The van der Waals surface area contributed by atoms with E-state index in [4.69, 9.17) is 4.74 Å². The molecule has 0 aliphatic carbocycles. The first kappa shape index (κ1) is 14.7. The Hall–Kier alpha value is -1.39. The third kappa shape index (κ3) is 5.29. The summed E-state index contributed by atoms with van der Waals surface area (Å²) in [4.78, 5) is 11.9. The van der Waals surface area contributed by atoms with E-state index in [2.05, 4.69) is 10.6 Å². The summed E-state index contributed by atoms with van der Waals surface area (Å²) in [6.07, 6.45) is 0.113. The molecule has 1 amide bonds. The van der Waals surface area contributed by atoms with E-state index >= 15 is 0 Å². The monoisotopic (exact) mass is 250 g/mol. The summed E-state index contributed by atoms with van der Waals surface area (Å²) < 4.78 is 5.40. The van der Waals surface area contributed by atoms with Crippen LogP contribution in [0, 0.1) is 0 Å². The summed E-state index contributed by atoms with van der Waals surface area (Å²) in [6, 6.07) is 9.20. The van der Waals surface area contributed by atoms with Gasteiger partial charge in [0.25, 0.3) is 0 Å². The highest BCUT2D eigenvalue weighted by atomic mass is 16.5. The van der Waals surface area contributed by atoms with Gasteiger partial charge in [-0.2, -0.15) is 0 Å². The van der Waals surface area contributed by atoms with E-state index in [-0.39, 0.29) is 18.1 Å². The van der Waals surface area contributed by atoms with Crippen molar-refractivity contribution in [2.45, 2.75) is 32.9 Å². The second-order valence-corrected chi connectivity index (χ2v) is 4.25. The number of carbonyl (C=O) groups excluding carboxylic acids is 1. The number of ether oxygens (including phenoxy) is 1. The van der Waals surface area contributed by atoms with E-state index in [0.717, 1.165) is 5.69 Å². The lowest BCUT2D eigenvalue weighted by Crippen LogP contribution is -2.41. The number of anilines is 1. The molecule has 4 heteroatoms. The van der Waals surface area contributed by atoms with E-state index in [1.54, 1.807) is 0 Å². The molecule has 0 fully saturated rings. The summed E-state index contributed by atoms with van der Waals surface area (Å²) >= 11 is 0. The maximum Gasteiger partial charge on any atom is 0.241 e. The van der Waals surface area contributed by atoms with E-state index in [0.29, 0.717) is 13.2 Å². The minimum atomic E-state index is -0.242. The maximum absolute atomic E-state index is 11.9. The number of benzene rings is 1. The van der Waals surface area contributed by atoms with Gasteiger partial charge < -0.3 is 15.4 Å². The van der Waals surface area contributed by atoms with Crippen molar-refractivity contribution in [2.75, 3.05) is 18.5 Å². The first-order valence-corrected chi connectivity index (χ1v) is 6.34. The van der Waals surface area contributed by atoms with Crippen molar-refractivity contribution in [1.82, 2.24) is 5.32 Å². The number of amides is 1. The number of rotatable bonds is 7. The Labute approximate surface area is 109 Å². The molecule has 0 saturated heterocycles. The van der Waals surface area contributed by atoms with Crippen molar-refractivity contribution in [2.24, 2.45) is 0 Å². The van der Waals surface area contributed by atoms with E-state index in [1.807, 2.05) is 51.1 Å². The molecule has 0 radical (unpaired) electrons. The molecule has 0 heterocycles. The third-order valence-corrected chi connectivity index (χ3v) is 2.60. The molecule has 2 N–H and O–H groups in total. The standard InChI is InChI=1S/C14H22N2O2/c1-4-18-11(2)10-15-12(3)14(17)16-13-8-6-5-7-9-13/h5-9,11-12,15H,4,10H2,1-3H3,(H,16,17). The van der Waals surface area contributed by atoms with Gasteiger partial charge in [-0.15, -0.1) is 0 Å². The minimum Gasteiger partial charge on any atom is -0.377 e. The lowest BCUT2D eigenvalue weighted by Gasteiger charge is -2.17. The zero-order valence-electron chi connectivity index (χ0n) is 11.3. The predicted molar refractivity (Wildman–Crippen MR) is 73.6 cm³/mol. The number of hydrogen-bond donors (Lipinski definition) is 2. The highest BCUT2D eigenvalue weighted by Crippen LogP contribution is 2.05. The molecule has 0 spiro atoms. The smallest absolute Gasteiger partial charge is 0.241 e. The lowest BCUT2D eigenvalue weighted by molar-refractivity contribution is -0.117. The number of hydrogen-bond acceptors (Lipinski definition) is 3. The largest absolute Gasteiger partial charge is 0.377 e. The average molecular weight is 250 g/mol. The molecule has 0 aliphatic heterocycles. The van der Waals surface area contributed by atoms with Crippen molar-refractivity contribution in [1.29, 1.82) is 0 Å². The van der Waals surface area contributed by atoms with Gasteiger partial charge in [-0.05, 0) is 32.9 Å². The van der Waals surface area contributed by atoms with Crippen LogP contribution in [0.15, 0.2) is 30.3 Å². The number of nitrogens with one attached hydrogen (secondary N) is 2. The van der Waals surface area contributed by atoms with Crippen LogP contribution in [0.1, 0.15) is 20.8 Å². The van der Waals surface area contributed by atoms with Crippen molar-refractivity contribution in [3.8, 4) is 0 Å². The van der Waals surface area contributed by atoms with Crippen LogP contribution in [0.5, 0.6) is 0 Å². The van der Waals surface area contributed by atoms with Crippen molar-refractivity contribution in [3.63, 3.8) is 0 Å². The van der Waals surface area contributed by atoms with Crippen LogP contribution in [-0.2, 0) is 9.53 Å². The predicted octanol–water partition coefficient (Wildman–Crippen LogP) is 2.03. The number of carbonyl (C=O) groups is 1. The zero-order chi connectivity index (χ0) is 13.4. The van der Waals surface area contributed by atoms with Gasteiger partial charge in [-0.1, -0.05) is 18.2 Å². The molecule has 1 aromatic rings.